The van der Waals surface area contributed by atoms with Crippen LogP contribution in [-0.4, -0.2) is 14.2 Å². The lowest BCUT2D eigenvalue weighted by molar-refractivity contribution is 0.589. The number of nitrogens with two attached hydrogens (primary N) is 1. The van der Waals surface area contributed by atoms with Crippen molar-refractivity contribution in [3.63, 3.8) is 0 Å². The molecule has 6 heteroatoms. The second-order valence-corrected chi connectivity index (χ2v) is 6.05. The second kappa shape index (κ2) is 4.49. The largest absolute Gasteiger partial charge is 0.398 e. The minimum absolute atomic E-state index is 0.0295. The fourth-order valence-corrected chi connectivity index (χ4v) is 3.01. The zero-order chi connectivity index (χ0) is 11.6. The smallest absolute Gasteiger partial charge is 0.180 e. The van der Waals surface area contributed by atoms with Gasteiger partial charge in [0.15, 0.2) is 9.84 Å². The number of hydrogen-bond donors (Lipinski definition) is 1. The number of benzene rings is 1. The van der Waals surface area contributed by atoms with Crippen LogP contribution in [-0.2, 0) is 9.84 Å². The summed E-state index contributed by atoms with van der Waals surface area (Å²) in [5.74, 6) is -0.656. The van der Waals surface area contributed by atoms with Crippen LogP contribution < -0.4 is 5.73 Å². The highest BCUT2D eigenvalue weighted by molar-refractivity contribution is 9.10. The first-order valence-electron chi connectivity index (χ1n) is 4.35. The van der Waals surface area contributed by atoms with Gasteiger partial charge in [0.25, 0.3) is 0 Å². The van der Waals surface area contributed by atoms with Crippen LogP contribution in [0, 0.1) is 5.82 Å². The molecule has 1 aromatic carbocycles. The molecule has 0 unspecified atom stereocenters. The Kier molecular flexibility index (Phi) is 3.72. The first kappa shape index (κ1) is 12.4. The van der Waals surface area contributed by atoms with Crippen molar-refractivity contribution >= 4 is 31.5 Å². The monoisotopic (exact) mass is 295 g/mol. The Morgan fingerprint density at radius 3 is 2.60 bits per heavy atom. The molecule has 1 rings (SSSR count). The molecule has 0 saturated carbocycles. The van der Waals surface area contributed by atoms with Gasteiger partial charge in [0, 0.05) is 0 Å². The molecule has 15 heavy (non-hydrogen) atoms. The lowest BCUT2D eigenvalue weighted by atomic mass is 10.3. The van der Waals surface area contributed by atoms with E-state index in [4.69, 9.17) is 5.73 Å². The lowest BCUT2D eigenvalue weighted by Gasteiger charge is -2.07. The van der Waals surface area contributed by atoms with Gasteiger partial charge in [-0.05, 0) is 34.5 Å². The summed E-state index contributed by atoms with van der Waals surface area (Å²) in [6.07, 6.45) is 0.472. The molecule has 0 aliphatic rings. The molecule has 0 fully saturated rings. The van der Waals surface area contributed by atoms with Crippen LogP contribution in [0.5, 0.6) is 0 Å². The molecule has 0 saturated heterocycles. The molecule has 0 heterocycles. The normalized spacial score (nSPS) is 11.7. The molecule has 0 aliphatic carbocycles. The summed E-state index contributed by atoms with van der Waals surface area (Å²) in [5, 5.41) is 0. The van der Waals surface area contributed by atoms with Crippen LogP contribution in [0.2, 0.25) is 0 Å². The minimum Gasteiger partial charge on any atom is -0.398 e. The maximum atomic E-state index is 13.2. The predicted octanol–water partition coefficient (Wildman–Crippen LogP) is 2.35. The van der Waals surface area contributed by atoms with E-state index in [2.05, 4.69) is 15.9 Å². The third-order valence-electron chi connectivity index (χ3n) is 1.86. The Balaban J connectivity index is 3.33. The average Bonchev–Trinajstić information content (AvgIpc) is 2.11. The Morgan fingerprint density at radius 1 is 1.47 bits per heavy atom. The molecular weight excluding hydrogens is 285 g/mol. The van der Waals surface area contributed by atoms with Crippen molar-refractivity contribution in [2.45, 2.75) is 18.2 Å². The zero-order valence-corrected chi connectivity index (χ0v) is 10.5. The molecule has 0 aliphatic heterocycles. The summed E-state index contributed by atoms with van der Waals surface area (Å²) >= 11 is 2.94. The van der Waals surface area contributed by atoms with E-state index in [-0.39, 0.29) is 20.8 Å². The zero-order valence-electron chi connectivity index (χ0n) is 8.13. The highest BCUT2D eigenvalue weighted by Crippen LogP contribution is 2.26. The highest BCUT2D eigenvalue weighted by Gasteiger charge is 2.18. The summed E-state index contributed by atoms with van der Waals surface area (Å²) in [7, 11) is -3.47. The van der Waals surface area contributed by atoms with E-state index in [1.54, 1.807) is 6.92 Å². The molecule has 0 aromatic heterocycles. The number of sulfone groups is 1. The fourth-order valence-electron chi connectivity index (χ4n) is 1.19. The topological polar surface area (TPSA) is 60.2 Å². The van der Waals surface area contributed by atoms with Crippen molar-refractivity contribution < 1.29 is 12.8 Å². The Hall–Kier alpha value is -0.620. The van der Waals surface area contributed by atoms with Crippen LogP contribution >= 0.6 is 15.9 Å². The van der Waals surface area contributed by atoms with Gasteiger partial charge in [-0.25, -0.2) is 12.8 Å². The van der Waals surface area contributed by atoms with Crippen molar-refractivity contribution in [2.75, 3.05) is 11.5 Å². The molecule has 84 valence electrons. The van der Waals surface area contributed by atoms with Crippen LogP contribution in [0.3, 0.4) is 0 Å². The molecule has 1 aromatic rings. The van der Waals surface area contributed by atoms with Crippen LogP contribution in [0.1, 0.15) is 13.3 Å². The van der Waals surface area contributed by atoms with E-state index < -0.39 is 15.7 Å². The number of halogens is 2. The number of nitrogen functional groups attached to an aromatic ring is 1. The number of anilines is 1. The van der Waals surface area contributed by atoms with E-state index >= 15 is 0 Å². The summed E-state index contributed by atoms with van der Waals surface area (Å²) < 4.78 is 36.6. The van der Waals surface area contributed by atoms with E-state index in [0.29, 0.717) is 6.42 Å². The van der Waals surface area contributed by atoms with Crippen LogP contribution in [0.25, 0.3) is 0 Å². The van der Waals surface area contributed by atoms with E-state index in [0.717, 1.165) is 6.07 Å². The Morgan fingerprint density at radius 2 is 2.07 bits per heavy atom. The van der Waals surface area contributed by atoms with Gasteiger partial charge in [-0.2, -0.15) is 0 Å². The summed E-state index contributed by atoms with van der Waals surface area (Å²) in [6.45, 7) is 1.74. The quantitative estimate of drug-likeness (QED) is 0.871. The van der Waals surface area contributed by atoms with Gasteiger partial charge < -0.3 is 5.73 Å². The van der Waals surface area contributed by atoms with Gasteiger partial charge in [0.2, 0.25) is 0 Å². The van der Waals surface area contributed by atoms with E-state index in [1.165, 1.54) is 6.07 Å². The molecule has 0 bridgehead atoms. The number of hydrogen-bond acceptors (Lipinski definition) is 3. The van der Waals surface area contributed by atoms with Gasteiger partial charge in [-0.15, -0.1) is 0 Å². The fraction of sp³-hybridized carbons (Fsp3) is 0.333. The molecular formula is C9H11BrFNO2S. The van der Waals surface area contributed by atoms with Crippen molar-refractivity contribution in [1.29, 1.82) is 0 Å². The molecule has 0 atom stereocenters. The van der Waals surface area contributed by atoms with Gasteiger partial charge in [-0.1, -0.05) is 6.92 Å². The third kappa shape index (κ3) is 2.69. The van der Waals surface area contributed by atoms with Crippen LogP contribution in [0.15, 0.2) is 21.5 Å². The molecule has 0 radical (unpaired) electrons. The van der Waals surface area contributed by atoms with E-state index in [9.17, 15) is 12.8 Å². The Bertz CT molecular complexity index is 473. The maximum absolute atomic E-state index is 13.2. The van der Waals surface area contributed by atoms with Crippen molar-refractivity contribution in [2.24, 2.45) is 0 Å². The first-order valence-corrected chi connectivity index (χ1v) is 6.80. The van der Waals surface area contributed by atoms with Gasteiger partial charge in [-0.3, -0.25) is 0 Å². The van der Waals surface area contributed by atoms with Gasteiger partial charge in [0.05, 0.1) is 20.8 Å². The second-order valence-electron chi connectivity index (χ2n) is 3.12. The maximum Gasteiger partial charge on any atom is 0.180 e. The van der Waals surface area contributed by atoms with Gasteiger partial charge >= 0.3 is 0 Å². The standard InChI is InChI=1S/C9H11BrFNO2S/c1-2-3-15(13,14)9-5-7(11)6(10)4-8(9)12/h4-5H,2-3,12H2,1H3. The van der Waals surface area contributed by atoms with E-state index in [1.807, 2.05) is 0 Å². The number of rotatable bonds is 3. The van der Waals surface area contributed by atoms with Crippen molar-refractivity contribution in [1.82, 2.24) is 0 Å². The van der Waals surface area contributed by atoms with Gasteiger partial charge in [0.1, 0.15) is 5.82 Å². The lowest BCUT2D eigenvalue weighted by Crippen LogP contribution is -2.09. The Labute approximate surface area is 96.5 Å². The average molecular weight is 296 g/mol. The van der Waals surface area contributed by atoms with Crippen molar-refractivity contribution in [3.05, 3.63) is 22.4 Å². The highest BCUT2D eigenvalue weighted by atomic mass is 79.9. The van der Waals surface area contributed by atoms with Crippen LogP contribution in [0.4, 0.5) is 10.1 Å². The molecule has 3 nitrogen and oxygen atoms in total. The predicted molar refractivity (Wildman–Crippen MR) is 60.9 cm³/mol. The first-order chi connectivity index (χ1) is 6.88. The molecule has 0 amide bonds. The summed E-state index contributed by atoms with van der Waals surface area (Å²) in [4.78, 5) is -0.134. The molecule has 0 spiro atoms. The summed E-state index contributed by atoms with van der Waals surface area (Å²) in [5.41, 5.74) is 5.60. The SMILES string of the molecule is CCCS(=O)(=O)c1cc(F)c(Br)cc1N. The molecule has 2 N–H and O–H groups in total. The summed E-state index contributed by atoms with van der Waals surface area (Å²) in [6, 6.07) is 2.21. The third-order valence-corrected chi connectivity index (χ3v) is 4.44. The minimum atomic E-state index is -3.47. The van der Waals surface area contributed by atoms with Crippen molar-refractivity contribution in [3.8, 4) is 0 Å².